The standard InChI is InChI=1S/C21H25NO5/c1-13-19(21(24)27-4)17(20(23)22(13)15-7-5-6-8-15)12-14-11-16(25-2)9-10-18(14)26-3/h9-12,15H,5-8H2,1-4H3/b17-12-. The SMILES string of the molecule is COC(=O)C1=C(C)N(C2CCCC2)C(=O)/C1=C\c1cc(OC)ccc1OC. The molecule has 6 nitrogen and oxygen atoms in total. The highest BCUT2D eigenvalue weighted by Gasteiger charge is 2.41. The fourth-order valence-electron chi connectivity index (χ4n) is 3.91. The van der Waals surface area contributed by atoms with Crippen molar-refractivity contribution in [1.82, 2.24) is 4.90 Å². The van der Waals surface area contributed by atoms with Crippen LogP contribution in [0.3, 0.4) is 0 Å². The Balaban J connectivity index is 2.11. The summed E-state index contributed by atoms with van der Waals surface area (Å²) in [7, 11) is 4.47. The number of esters is 1. The molecule has 6 heteroatoms. The summed E-state index contributed by atoms with van der Waals surface area (Å²) in [6.07, 6.45) is 5.78. The van der Waals surface area contributed by atoms with E-state index in [4.69, 9.17) is 14.2 Å². The van der Waals surface area contributed by atoms with Gasteiger partial charge in [-0.15, -0.1) is 0 Å². The number of nitrogens with zero attached hydrogens (tertiary/aromatic N) is 1. The minimum Gasteiger partial charge on any atom is -0.497 e. The summed E-state index contributed by atoms with van der Waals surface area (Å²) < 4.78 is 15.7. The lowest BCUT2D eigenvalue weighted by atomic mass is 10.0. The van der Waals surface area contributed by atoms with Crippen LogP contribution in [0.1, 0.15) is 38.2 Å². The van der Waals surface area contributed by atoms with Crippen molar-refractivity contribution in [2.24, 2.45) is 0 Å². The van der Waals surface area contributed by atoms with Crippen molar-refractivity contribution in [3.63, 3.8) is 0 Å². The van der Waals surface area contributed by atoms with E-state index < -0.39 is 5.97 Å². The van der Waals surface area contributed by atoms with Crippen LogP contribution in [-0.4, -0.2) is 44.1 Å². The average molecular weight is 371 g/mol. The van der Waals surface area contributed by atoms with E-state index in [-0.39, 0.29) is 11.9 Å². The Morgan fingerprint density at radius 2 is 1.85 bits per heavy atom. The average Bonchev–Trinajstić information content (AvgIpc) is 3.28. The number of allylic oxidation sites excluding steroid dienone is 1. The van der Waals surface area contributed by atoms with Gasteiger partial charge in [0.1, 0.15) is 11.5 Å². The van der Waals surface area contributed by atoms with Gasteiger partial charge in [-0.3, -0.25) is 4.79 Å². The molecular weight excluding hydrogens is 346 g/mol. The first-order valence-corrected chi connectivity index (χ1v) is 9.08. The first kappa shape index (κ1) is 19.0. The third-order valence-electron chi connectivity index (χ3n) is 5.26. The molecule has 2 aliphatic rings. The number of carbonyl (C=O) groups is 2. The number of benzene rings is 1. The van der Waals surface area contributed by atoms with Crippen LogP contribution in [0.5, 0.6) is 11.5 Å². The second-order valence-electron chi connectivity index (χ2n) is 6.73. The second kappa shape index (κ2) is 7.86. The molecule has 0 radical (unpaired) electrons. The molecule has 0 atom stereocenters. The minimum atomic E-state index is -0.505. The summed E-state index contributed by atoms with van der Waals surface area (Å²) in [6.45, 7) is 1.81. The molecule has 0 saturated heterocycles. The van der Waals surface area contributed by atoms with Crippen molar-refractivity contribution in [2.45, 2.75) is 38.6 Å². The van der Waals surface area contributed by atoms with Gasteiger partial charge in [0.2, 0.25) is 0 Å². The normalized spacial score (nSPS) is 19.2. The van der Waals surface area contributed by atoms with E-state index in [0.29, 0.717) is 33.9 Å². The van der Waals surface area contributed by atoms with Gasteiger partial charge in [-0.2, -0.15) is 0 Å². The molecule has 1 fully saturated rings. The smallest absolute Gasteiger partial charge is 0.340 e. The third kappa shape index (κ3) is 3.44. The van der Waals surface area contributed by atoms with Crippen LogP contribution in [0.2, 0.25) is 0 Å². The lowest BCUT2D eigenvalue weighted by Crippen LogP contribution is -2.34. The van der Waals surface area contributed by atoms with Crippen molar-refractivity contribution in [3.8, 4) is 11.5 Å². The Hall–Kier alpha value is -2.76. The van der Waals surface area contributed by atoms with Crippen LogP contribution in [0, 0.1) is 0 Å². The van der Waals surface area contributed by atoms with Crippen LogP contribution in [0.25, 0.3) is 6.08 Å². The number of methoxy groups -OCH3 is 3. The Bertz CT molecular complexity index is 818. The first-order valence-electron chi connectivity index (χ1n) is 9.08. The van der Waals surface area contributed by atoms with E-state index in [1.165, 1.54) is 7.11 Å². The third-order valence-corrected chi connectivity index (χ3v) is 5.26. The molecule has 3 rings (SSSR count). The molecule has 1 heterocycles. The van der Waals surface area contributed by atoms with Crippen LogP contribution in [0.15, 0.2) is 35.0 Å². The van der Waals surface area contributed by atoms with Gasteiger partial charge in [0.15, 0.2) is 0 Å². The van der Waals surface area contributed by atoms with E-state index in [1.807, 2.05) is 6.92 Å². The molecule has 0 spiro atoms. The topological polar surface area (TPSA) is 65.1 Å². The Labute approximate surface area is 159 Å². The van der Waals surface area contributed by atoms with Crippen molar-refractivity contribution in [2.75, 3.05) is 21.3 Å². The molecule has 0 bridgehead atoms. The number of carbonyl (C=O) groups excluding carboxylic acids is 2. The quantitative estimate of drug-likeness (QED) is 0.587. The number of amides is 1. The van der Waals surface area contributed by atoms with Crippen molar-refractivity contribution >= 4 is 18.0 Å². The molecule has 1 aromatic carbocycles. The Morgan fingerprint density at radius 3 is 2.44 bits per heavy atom. The number of rotatable bonds is 5. The van der Waals surface area contributed by atoms with E-state index in [2.05, 4.69) is 0 Å². The summed E-state index contributed by atoms with van der Waals surface area (Å²) >= 11 is 0. The van der Waals surface area contributed by atoms with Crippen LogP contribution in [-0.2, 0) is 14.3 Å². The zero-order chi connectivity index (χ0) is 19.6. The molecule has 144 valence electrons. The Morgan fingerprint density at radius 1 is 1.15 bits per heavy atom. The summed E-state index contributed by atoms with van der Waals surface area (Å²) in [5, 5.41) is 0. The highest BCUT2D eigenvalue weighted by Crippen LogP contribution is 2.38. The molecule has 1 aromatic rings. The predicted molar refractivity (Wildman–Crippen MR) is 101 cm³/mol. The lowest BCUT2D eigenvalue weighted by molar-refractivity contribution is -0.136. The maximum Gasteiger partial charge on any atom is 0.340 e. The molecular formula is C21H25NO5. The number of hydrogen-bond donors (Lipinski definition) is 0. The van der Waals surface area contributed by atoms with Gasteiger partial charge in [0, 0.05) is 17.3 Å². The van der Waals surface area contributed by atoms with Gasteiger partial charge < -0.3 is 19.1 Å². The molecule has 1 aliphatic heterocycles. The van der Waals surface area contributed by atoms with Gasteiger partial charge in [-0.25, -0.2) is 4.79 Å². The fraction of sp³-hybridized carbons (Fsp3) is 0.429. The molecule has 0 N–H and O–H groups in total. The number of ether oxygens (including phenoxy) is 3. The van der Waals surface area contributed by atoms with E-state index >= 15 is 0 Å². The fourth-order valence-corrected chi connectivity index (χ4v) is 3.91. The zero-order valence-electron chi connectivity index (χ0n) is 16.2. The van der Waals surface area contributed by atoms with Crippen molar-refractivity contribution in [3.05, 3.63) is 40.6 Å². The molecule has 0 unspecified atom stereocenters. The monoisotopic (exact) mass is 371 g/mol. The summed E-state index contributed by atoms with van der Waals surface area (Å²) in [6, 6.07) is 5.47. The summed E-state index contributed by atoms with van der Waals surface area (Å²) in [4.78, 5) is 27.4. The summed E-state index contributed by atoms with van der Waals surface area (Å²) in [5.41, 5.74) is 1.98. The Kier molecular flexibility index (Phi) is 5.54. The maximum absolute atomic E-state index is 13.2. The predicted octanol–water partition coefficient (Wildman–Crippen LogP) is 3.32. The minimum absolute atomic E-state index is 0.135. The summed E-state index contributed by atoms with van der Waals surface area (Å²) in [5.74, 6) is 0.567. The van der Waals surface area contributed by atoms with Gasteiger partial charge in [0.05, 0.1) is 32.5 Å². The van der Waals surface area contributed by atoms with Crippen LogP contribution in [0.4, 0.5) is 0 Å². The number of hydrogen-bond acceptors (Lipinski definition) is 5. The van der Waals surface area contributed by atoms with Gasteiger partial charge in [0.25, 0.3) is 5.91 Å². The zero-order valence-corrected chi connectivity index (χ0v) is 16.2. The molecule has 0 aromatic heterocycles. The molecule has 1 amide bonds. The molecule has 1 aliphatic carbocycles. The highest BCUT2D eigenvalue weighted by atomic mass is 16.5. The van der Waals surface area contributed by atoms with Gasteiger partial charge in [-0.05, 0) is 44.0 Å². The second-order valence-corrected chi connectivity index (χ2v) is 6.73. The molecule has 1 saturated carbocycles. The largest absolute Gasteiger partial charge is 0.497 e. The molecule has 27 heavy (non-hydrogen) atoms. The van der Waals surface area contributed by atoms with Crippen LogP contribution >= 0.6 is 0 Å². The van der Waals surface area contributed by atoms with Crippen LogP contribution < -0.4 is 9.47 Å². The highest BCUT2D eigenvalue weighted by molar-refractivity contribution is 6.16. The van der Waals surface area contributed by atoms with Gasteiger partial charge >= 0.3 is 5.97 Å². The van der Waals surface area contributed by atoms with E-state index in [9.17, 15) is 9.59 Å². The van der Waals surface area contributed by atoms with E-state index in [1.54, 1.807) is 43.4 Å². The van der Waals surface area contributed by atoms with Gasteiger partial charge in [-0.1, -0.05) is 12.8 Å². The lowest BCUT2D eigenvalue weighted by Gasteiger charge is -2.25. The van der Waals surface area contributed by atoms with E-state index in [0.717, 1.165) is 25.7 Å². The van der Waals surface area contributed by atoms with Crippen molar-refractivity contribution < 1.29 is 23.8 Å². The first-order chi connectivity index (χ1) is 13.0. The van der Waals surface area contributed by atoms with Crippen molar-refractivity contribution in [1.29, 1.82) is 0 Å². The maximum atomic E-state index is 13.2.